The molecule has 2 aliphatic heterocycles. The number of benzene rings is 2. The number of carbonyl (C=O) groups excluding carboxylic acids is 5. The van der Waals surface area contributed by atoms with Gasteiger partial charge in [0.05, 0.1) is 31.8 Å². The van der Waals surface area contributed by atoms with Crippen LogP contribution in [0.4, 0.5) is 0 Å². The second-order valence-corrected chi connectivity index (χ2v) is 14.3. The Balaban J connectivity index is 1.24. The predicted octanol–water partition coefficient (Wildman–Crippen LogP) is 0.836. The first kappa shape index (κ1) is 37.4. The van der Waals surface area contributed by atoms with Crippen LogP contribution in [0.1, 0.15) is 68.7 Å². The predicted molar refractivity (Wildman–Crippen MR) is 192 cm³/mol. The molecule has 5 amide bonds. The van der Waals surface area contributed by atoms with Crippen molar-refractivity contribution in [2.45, 2.75) is 108 Å². The van der Waals surface area contributed by atoms with Gasteiger partial charge in [0.1, 0.15) is 41.7 Å². The van der Waals surface area contributed by atoms with Crippen LogP contribution in [0.15, 0.2) is 60.8 Å². The molecular weight excluding hydrogens is 680 g/mol. The highest BCUT2D eigenvalue weighted by molar-refractivity contribution is 5.99. The summed E-state index contributed by atoms with van der Waals surface area (Å²) in [5.74, 6) is -2.15. The molecule has 2 aliphatic carbocycles. The third kappa shape index (κ3) is 9.97. The van der Waals surface area contributed by atoms with E-state index in [-0.39, 0.29) is 31.2 Å². The van der Waals surface area contributed by atoms with E-state index in [1.54, 1.807) is 35.1 Å². The molecule has 6 N–H and O–H groups in total. The highest BCUT2D eigenvalue weighted by Gasteiger charge is 2.53. The number of amides is 5. The lowest BCUT2D eigenvalue weighted by Gasteiger charge is -2.32. The molecule has 7 rings (SSSR count). The Kier molecular flexibility index (Phi) is 12.0. The summed E-state index contributed by atoms with van der Waals surface area (Å²) >= 11 is 0. The van der Waals surface area contributed by atoms with E-state index >= 15 is 0 Å². The van der Waals surface area contributed by atoms with Gasteiger partial charge < -0.3 is 36.4 Å². The lowest BCUT2D eigenvalue weighted by Crippen LogP contribution is -2.62. The van der Waals surface area contributed by atoms with E-state index in [1.807, 2.05) is 30.3 Å². The van der Waals surface area contributed by atoms with E-state index in [1.165, 1.54) is 6.92 Å². The van der Waals surface area contributed by atoms with Crippen molar-refractivity contribution in [1.82, 2.24) is 41.6 Å². The molecule has 3 heterocycles. The number of aliphatic hydroxyl groups is 1. The summed E-state index contributed by atoms with van der Waals surface area (Å²) in [4.78, 5) is 68.3. The second-order valence-electron chi connectivity index (χ2n) is 14.3. The molecule has 3 aromatic rings. The molecule has 1 spiro atoms. The minimum atomic E-state index is -1.43. The van der Waals surface area contributed by atoms with Gasteiger partial charge in [-0.3, -0.25) is 24.0 Å². The number of nitrogens with one attached hydrogen (secondary N) is 5. The molecule has 4 bridgehead atoms. The maximum absolute atomic E-state index is 13.9. The zero-order valence-corrected chi connectivity index (χ0v) is 29.9. The van der Waals surface area contributed by atoms with Crippen LogP contribution in [-0.2, 0) is 49.9 Å². The molecule has 0 saturated heterocycles. The second kappa shape index (κ2) is 17.0. The van der Waals surface area contributed by atoms with Crippen molar-refractivity contribution in [3.05, 3.63) is 77.6 Å². The zero-order valence-electron chi connectivity index (χ0n) is 29.9. The van der Waals surface area contributed by atoms with Crippen LogP contribution in [0.25, 0.3) is 0 Å². The van der Waals surface area contributed by atoms with Crippen molar-refractivity contribution < 1.29 is 33.8 Å². The van der Waals surface area contributed by atoms with Gasteiger partial charge in [0.2, 0.25) is 29.5 Å². The van der Waals surface area contributed by atoms with Gasteiger partial charge in [0.25, 0.3) is 0 Å². The van der Waals surface area contributed by atoms with Crippen LogP contribution in [0.2, 0.25) is 0 Å². The third-order valence-electron chi connectivity index (χ3n) is 10.1. The monoisotopic (exact) mass is 728 g/mol. The fourth-order valence-electron chi connectivity index (χ4n) is 6.92. The number of ether oxygens (including phenoxy) is 1. The molecule has 4 atom stereocenters. The summed E-state index contributed by atoms with van der Waals surface area (Å²) in [6.45, 7) is 2.08. The van der Waals surface area contributed by atoms with Gasteiger partial charge in [-0.25, -0.2) is 4.68 Å². The molecule has 0 unspecified atom stereocenters. The van der Waals surface area contributed by atoms with Gasteiger partial charge in [-0.15, -0.1) is 5.10 Å². The van der Waals surface area contributed by atoms with E-state index in [9.17, 15) is 29.1 Å². The Morgan fingerprint density at radius 1 is 0.906 bits per heavy atom. The molecule has 15 nitrogen and oxygen atoms in total. The summed E-state index contributed by atoms with van der Waals surface area (Å²) < 4.78 is 7.47. The maximum atomic E-state index is 13.9. The van der Waals surface area contributed by atoms with Crippen LogP contribution >= 0.6 is 0 Å². The van der Waals surface area contributed by atoms with Crippen LogP contribution in [0.5, 0.6) is 5.75 Å². The fourth-order valence-corrected chi connectivity index (χ4v) is 6.92. The summed E-state index contributed by atoms with van der Waals surface area (Å²) in [7, 11) is 0. The standard InChI is InChI=1S/C38H48N8O7/c1-24(47)32-35(50)40-30(20-25-8-4-2-5-9-25)34(49)39-22-28-23-46(45-44-28)18-19-53-29-14-12-26(13-15-29)21-31(48)41-33(27-10-6-3-7-11-27)36(51)43-38(16-17-38)37(52)42-32/h2,4-5,8-9,12-15,23-24,27,30,32-33,47H,3,6-7,10-11,16-22H2,1H3,(H,39,49)(H,40,50)(H,41,48)(H,42,52)(H,43,51)/t24-,30+,32+,33+/m1/s1. The number of aromatic nitrogens is 3. The highest BCUT2D eigenvalue weighted by Crippen LogP contribution is 2.37. The Morgan fingerprint density at radius 2 is 1.64 bits per heavy atom. The van der Waals surface area contributed by atoms with Gasteiger partial charge >= 0.3 is 0 Å². The van der Waals surface area contributed by atoms with Crippen molar-refractivity contribution in [2.24, 2.45) is 5.92 Å². The molecule has 0 radical (unpaired) electrons. The summed E-state index contributed by atoms with van der Waals surface area (Å²) in [6, 6.07) is 13.0. The minimum Gasteiger partial charge on any atom is -0.492 e. The molecular formula is C38H48N8O7. The first-order valence-corrected chi connectivity index (χ1v) is 18.4. The van der Waals surface area contributed by atoms with E-state index in [0.29, 0.717) is 37.4 Å². The number of hydrogen-bond donors (Lipinski definition) is 6. The van der Waals surface area contributed by atoms with E-state index in [4.69, 9.17) is 4.74 Å². The normalized spacial score (nSPS) is 24.2. The number of nitrogens with zero attached hydrogens (tertiary/aromatic N) is 3. The first-order valence-electron chi connectivity index (χ1n) is 18.4. The quantitative estimate of drug-likeness (QED) is 0.210. The van der Waals surface area contributed by atoms with Crippen molar-refractivity contribution in [1.29, 1.82) is 0 Å². The van der Waals surface area contributed by atoms with Crippen molar-refractivity contribution >= 4 is 29.5 Å². The number of hydrogen-bond acceptors (Lipinski definition) is 9. The Morgan fingerprint density at radius 3 is 2.34 bits per heavy atom. The zero-order chi connectivity index (χ0) is 37.4. The maximum Gasteiger partial charge on any atom is 0.246 e. The van der Waals surface area contributed by atoms with E-state index < -0.39 is 53.4 Å². The molecule has 15 heteroatoms. The van der Waals surface area contributed by atoms with Crippen molar-refractivity contribution in [3.8, 4) is 5.75 Å². The molecule has 2 saturated carbocycles. The molecule has 4 aliphatic rings. The van der Waals surface area contributed by atoms with Crippen LogP contribution in [0.3, 0.4) is 0 Å². The Hall–Kier alpha value is -5.31. The van der Waals surface area contributed by atoms with Gasteiger partial charge in [-0.05, 0) is 61.8 Å². The van der Waals surface area contributed by atoms with Crippen LogP contribution < -0.4 is 31.3 Å². The van der Waals surface area contributed by atoms with Crippen molar-refractivity contribution in [3.63, 3.8) is 0 Å². The summed E-state index contributed by atoms with van der Waals surface area (Å²) in [5.41, 5.74) is 0.712. The smallest absolute Gasteiger partial charge is 0.246 e. The number of fused-ring (bicyclic) bond motifs is 17. The fraction of sp³-hybridized carbons (Fsp3) is 0.500. The van der Waals surface area contributed by atoms with Crippen LogP contribution in [0, 0.1) is 5.92 Å². The average Bonchev–Trinajstić information content (AvgIpc) is 3.80. The van der Waals surface area contributed by atoms with Gasteiger partial charge in [0, 0.05) is 6.42 Å². The largest absolute Gasteiger partial charge is 0.492 e. The number of rotatable bonds is 4. The Labute approximate surface area is 308 Å². The lowest BCUT2D eigenvalue weighted by atomic mass is 9.83. The third-order valence-corrected chi connectivity index (χ3v) is 10.1. The first-order chi connectivity index (χ1) is 25.6. The molecule has 1 aromatic heterocycles. The number of carbonyl (C=O) groups is 5. The topological polar surface area (TPSA) is 206 Å². The van der Waals surface area contributed by atoms with Gasteiger partial charge in [-0.1, -0.05) is 66.9 Å². The van der Waals surface area contributed by atoms with Crippen LogP contribution in [-0.4, -0.2) is 86.0 Å². The average molecular weight is 729 g/mol. The SMILES string of the molecule is C[C@@H](O)[C@@H]1NC(=O)C2(CC2)NC(=O)[C@H](C2CCCCC2)NC(=O)Cc2ccc(cc2)OCCn2cc(nn2)CNC(=O)[C@H](Cc2ccccc2)NC1=O. The molecule has 282 valence electrons. The van der Waals surface area contributed by atoms with Crippen molar-refractivity contribution in [2.75, 3.05) is 6.61 Å². The summed E-state index contributed by atoms with van der Waals surface area (Å²) in [5, 5.41) is 33.0. The summed E-state index contributed by atoms with van der Waals surface area (Å²) in [6.07, 6.45) is 5.64. The van der Waals surface area contributed by atoms with Gasteiger partial charge in [0.15, 0.2) is 0 Å². The molecule has 53 heavy (non-hydrogen) atoms. The van der Waals surface area contributed by atoms with Gasteiger partial charge in [-0.2, -0.15) is 0 Å². The number of aliphatic hydroxyl groups excluding tert-OH is 1. The molecule has 2 fully saturated rings. The van der Waals surface area contributed by atoms with E-state index in [0.717, 1.165) is 43.2 Å². The molecule has 2 aromatic carbocycles. The highest BCUT2D eigenvalue weighted by atomic mass is 16.5. The van der Waals surface area contributed by atoms with E-state index in [2.05, 4.69) is 36.9 Å². The lowest BCUT2D eigenvalue weighted by molar-refractivity contribution is -0.137. The Bertz CT molecular complexity index is 1750. The minimum absolute atomic E-state index is 0.0382.